The van der Waals surface area contributed by atoms with Gasteiger partial charge in [0.25, 0.3) is 0 Å². The quantitative estimate of drug-likeness (QED) is 0.775. The molecule has 0 N–H and O–H groups in total. The van der Waals surface area contributed by atoms with E-state index < -0.39 is 5.92 Å². The van der Waals surface area contributed by atoms with E-state index in [1.54, 1.807) is 0 Å². The van der Waals surface area contributed by atoms with Crippen molar-refractivity contribution in [2.75, 3.05) is 6.61 Å². The molecule has 0 saturated heterocycles. The van der Waals surface area contributed by atoms with Gasteiger partial charge in [0, 0.05) is 5.56 Å². The van der Waals surface area contributed by atoms with Crippen molar-refractivity contribution in [1.29, 1.82) is 0 Å². The predicted molar refractivity (Wildman–Crippen MR) is 85.0 cm³/mol. The summed E-state index contributed by atoms with van der Waals surface area (Å²) in [4.78, 5) is 12.3. The Balaban J connectivity index is 2.45. The lowest BCUT2D eigenvalue weighted by Gasteiger charge is -2.17. The number of unbranched alkanes of at least 4 members (excludes halogenated alkanes) is 1. The van der Waals surface area contributed by atoms with Crippen LogP contribution in [0.2, 0.25) is 0 Å². The van der Waals surface area contributed by atoms with Crippen LogP contribution in [-0.4, -0.2) is 24.0 Å². The maximum atomic E-state index is 12.3. The molecule has 2 rings (SSSR count). The molecule has 21 heavy (non-hydrogen) atoms. The number of ether oxygens (including phenoxy) is 1. The summed E-state index contributed by atoms with van der Waals surface area (Å²) in [6, 6.07) is 7.91. The fourth-order valence-electron chi connectivity index (χ4n) is 2.54. The highest BCUT2D eigenvalue weighted by atomic mass is 16.5. The van der Waals surface area contributed by atoms with E-state index in [2.05, 4.69) is 17.1 Å². The molecule has 4 nitrogen and oxygen atoms in total. The average Bonchev–Trinajstić information content (AvgIpc) is 2.62. The summed E-state index contributed by atoms with van der Waals surface area (Å²) in [6.45, 7) is 6.17. The maximum Gasteiger partial charge on any atom is 0.319 e. The van der Waals surface area contributed by atoms with E-state index in [-0.39, 0.29) is 5.97 Å². The highest BCUT2D eigenvalue weighted by molar-refractivity contribution is 6.12. The molecule has 0 aliphatic carbocycles. The van der Waals surface area contributed by atoms with E-state index in [1.165, 1.54) is 0 Å². The van der Waals surface area contributed by atoms with E-state index in [1.807, 2.05) is 38.1 Å². The minimum absolute atomic E-state index is 0.252. The lowest BCUT2D eigenvalue weighted by Crippen LogP contribution is -2.23. The van der Waals surface area contributed by atoms with E-state index in [0.717, 1.165) is 36.1 Å². The molecule has 0 bridgehead atoms. The predicted octanol–water partition coefficient (Wildman–Crippen LogP) is 3.70. The van der Waals surface area contributed by atoms with Crippen LogP contribution in [-0.2, 0) is 9.53 Å². The van der Waals surface area contributed by atoms with Gasteiger partial charge in [0.1, 0.15) is 5.92 Å². The van der Waals surface area contributed by atoms with Gasteiger partial charge >= 0.3 is 5.97 Å². The fourth-order valence-corrected chi connectivity index (χ4v) is 2.54. The lowest BCUT2D eigenvalue weighted by atomic mass is 9.88. The van der Waals surface area contributed by atoms with Crippen LogP contribution in [0.1, 0.15) is 57.1 Å². The molecule has 0 aromatic heterocycles. The Hall–Kier alpha value is -1.97. The Bertz CT molecular complexity index is 576. The van der Waals surface area contributed by atoms with Crippen LogP contribution in [0.15, 0.2) is 34.5 Å². The monoisotopic (exact) mass is 286 g/mol. The number of benzene rings is 1. The number of esters is 1. The first-order valence-corrected chi connectivity index (χ1v) is 7.56. The van der Waals surface area contributed by atoms with Crippen LogP contribution in [0.5, 0.6) is 0 Å². The van der Waals surface area contributed by atoms with E-state index in [0.29, 0.717) is 12.3 Å². The van der Waals surface area contributed by atoms with Crippen LogP contribution < -0.4 is 0 Å². The van der Waals surface area contributed by atoms with Gasteiger partial charge in [0.05, 0.1) is 18.0 Å². The molecule has 0 saturated carbocycles. The second-order valence-electron chi connectivity index (χ2n) is 5.16. The summed E-state index contributed by atoms with van der Waals surface area (Å²) in [6.07, 6.45) is 3.04. The van der Waals surface area contributed by atoms with Crippen molar-refractivity contribution in [2.45, 2.75) is 46.0 Å². The van der Waals surface area contributed by atoms with Crippen LogP contribution in [0.25, 0.3) is 0 Å². The number of nitrogens with zero attached hydrogens (tertiary/aromatic N) is 2. The molecule has 0 fully saturated rings. The topological polar surface area (TPSA) is 51.0 Å². The first-order chi connectivity index (χ1) is 10.2. The fraction of sp³-hybridized carbons (Fsp3) is 0.471. The summed E-state index contributed by atoms with van der Waals surface area (Å²) in [7, 11) is 0. The van der Waals surface area contributed by atoms with Crippen molar-refractivity contribution in [2.24, 2.45) is 10.2 Å². The average molecular weight is 286 g/mol. The van der Waals surface area contributed by atoms with Crippen molar-refractivity contribution in [3.63, 3.8) is 0 Å². The van der Waals surface area contributed by atoms with E-state index in [4.69, 9.17) is 4.74 Å². The van der Waals surface area contributed by atoms with E-state index in [9.17, 15) is 4.79 Å². The molecule has 112 valence electrons. The van der Waals surface area contributed by atoms with Crippen molar-refractivity contribution in [3.8, 4) is 0 Å². The molecule has 1 aromatic rings. The van der Waals surface area contributed by atoms with Gasteiger partial charge in [0.15, 0.2) is 0 Å². The summed E-state index contributed by atoms with van der Waals surface area (Å²) < 4.78 is 5.21. The van der Waals surface area contributed by atoms with Crippen LogP contribution in [0.4, 0.5) is 0 Å². The molecule has 4 heteroatoms. The molecule has 1 heterocycles. The highest BCUT2D eigenvalue weighted by Gasteiger charge is 2.30. The van der Waals surface area contributed by atoms with Gasteiger partial charge in [-0.3, -0.25) is 4.79 Å². The Labute approximate surface area is 125 Å². The second kappa shape index (κ2) is 7.16. The summed E-state index contributed by atoms with van der Waals surface area (Å²) in [5, 5.41) is 8.63. The zero-order valence-electron chi connectivity index (χ0n) is 12.9. The van der Waals surface area contributed by atoms with Crippen molar-refractivity contribution in [1.82, 2.24) is 0 Å². The Kier molecular flexibility index (Phi) is 5.26. The molecule has 0 spiro atoms. The third-order valence-corrected chi connectivity index (χ3v) is 3.62. The number of carbonyl (C=O) groups is 1. The molecule has 1 aliphatic rings. The minimum Gasteiger partial charge on any atom is -0.465 e. The van der Waals surface area contributed by atoms with Crippen molar-refractivity contribution < 1.29 is 9.53 Å². The molecule has 0 amide bonds. The van der Waals surface area contributed by atoms with Gasteiger partial charge < -0.3 is 4.74 Å². The smallest absolute Gasteiger partial charge is 0.319 e. The van der Waals surface area contributed by atoms with Crippen LogP contribution in [0, 0.1) is 0 Å². The molecule has 1 unspecified atom stereocenters. The Morgan fingerprint density at radius 2 is 2.00 bits per heavy atom. The SMILES string of the molecule is CCCCC1=NN=C(C)C(C(=O)OCC)c2ccccc21. The van der Waals surface area contributed by atoms with Gasteiger partial charge in [0.2, 0.25) is 0 Å². The van der Waals surface area contributed by atoms with Gasteiger partial charge in [-0.05, 0) is 32.3 Å². The van der Waals surface area contributed by atoms with Gasteiger partial charge in [-0.15, -0.1) is 0 Å². The molecular formula is C17H22N2O2. The second-order valence-corrected chi connectivity index (χ2v) is 5.16. The molecule has 0 radical (unpaired) electrons. The lowest BCUT2D eigenvalue weighted by molar-refractivity contribution is -0.143. The molecular weight excluding hydrogens is 264 g/mol. The van der Waals surface area contributed by atoms with Crippen LogP contribution >= 0.6 is 0 Å². The van der Waals surface area contributed by atoms with Gasteiger partial charge in [-0.2, -0.15) is 10.2 Å². The Morgan fingerprint density at radius 1 is 1.24 bits per heavy atom. The minimum atomic E-state index is -0.455. The molecule has 1 aliphatic heterocycles. The van der Waals surface area contributed by atoms with E-state index >= 15 is 0 Å². The first-order valence-electron chi connectivity index (χ1n) is 7.56. The van der Waals surface area contributed by atoms with Gasteiger partial charge in [-0.25, -0.2) is 0 Å². The number of rotatable bonds is 5. The first kappa shape index (κ1) is 15.4. The summed E-state index contributed by atoms with van der Waals surface area (Å²) >= 11 is 0. The number of hydrogen-bond acceptors (Lipinski definition) is 4. The third kappa shape index (κ3) is 3.38. The standard InChI is InChI=1S/C17H22N2O2/c1-4-6-11-15-13-9-7-8-10-14(13)16(12(3)18-19-15)17(20)21-5-2/h7-10,16H,4-6,11H2,1-3H3. The summed E-state index contributed by atoms with van der Waals surface area (Å²) in [5.41, 5.74) is 3.61. The number of hydrogen-bond donors (Lipinski definition) is 0. The third-order valence-electron chi connectivity index (χ3n) is 3.62. The molecule has 1 aromatic carbocycles. The normalized spacial score (nSPS) is 17.4. The summed E-state index contributed by atoms with van der Waals surface area (Å²) in [5.74, 6) is -0.706. The number of fused-ring (bicyclic) bond motifs is 1. The zero-order valence-corrected chi connectivity index (χ0v) is 12.9. The van der Waals surface area contributed by atoms with Crippen LogP contribution in [0.3, 0.4) is 0 Å². The molecule has 1 atom stereocenters. The maximum absolute atomic E-state index is 12.3. The highest BCUT2D eigenvalue weighted by Crippen LogP contribution is 2.28. The zero-order chi connectivity index (χ0) is 15.2. The largest absolute Gasteiger partial charge is 0.465 e. The Morgan fingerprint density at radius 3 is 2.71 bits per heavy atom. The van der Waals surface area contributed by atoms with Crippen molar-refractivity contribution >= 4 is 17.4 Å². The number of carbonyl (C=O) groups excluding carboxylic acids is 1. The van der Waals surface area contributed by atoms with Crippen molar-refractivity contribution in [3.05, 3.63) is 35.4 Å². The van der Waals surface area contributed by atoms with Gasteiger partial charge in [-0.1, -0.05) is 37.6 Å².